The number of methoxy groups -OCH3 is 2. The molecule has 2 amide bonds. The Bertz CT molecular complexity index is 1540. The highest BCUT2D eigenvalue weighted by atomic mass is 35.5. The van der Waals surface area contributed by atoms with Crippen molar-refractivity contribution < 1.29 is 19.1 Å². The zero-order valence-electron chi connectivity index (χ0n) is 23.5. The summed E-state index contributed by atoms with van der Waals surface area (Å²) in [5.41, 5.74) is 5.62. The van der Waals surface area contributed by atoms with Crippen LogP contribution >= 0.6 is 46.7 Å². The average molecular weight is 652 g/mol. The number of hydrogen-bond donors (Lipinski definition) is 0. The number of nitrogens with zero attached hydrogens (tertiary/aromatic N) is 2. The molecule has 220 valence electrons. The second kappa shape index (κ2) is 12.7. The molecule has 0 saturated carbocycles. The van der Waals surface area contributed by atoms with E-state index in [1.807, 2.05) is 58.3 Å². The van der Waals surface area contributed by atoms with Crippen LogP contribution in [0.1, 0.15) is 33.0 Å². The van der Waals surface area contributed by atoms with Crippen LogP contribution in [-0.4, -0.2) is 37.5 Å². The van der Waals surface area contributed by atoms with E-state index in [9.17, 15) is 9.59 Å². The van der Waals surface area contributed by atoms with Crippen molar-refractivity contribution in [2.24, 2.45) is 0 Å². The van der Waals surface area contributed by atoms with Crippen LogP contribution in [0, 0.1) is 0 Å². The zero-order valence-corrected chi connectivity index (χ0v) is 26.6. The Hall–Kier alpha value is -3.30. The Kier molecular flexibility index (Phi) is 8.82. The maximum atomic E-state index is 13.0. The molecule has 0 spiro atoms. The van der Waals surface area contributed by atoms with E-state index in [0.717, 1.165) is 45.1 Å². The number of anilines is 2. The van der Waals surface area contributed by atoms with Gasteiger partial charge in [-0.1, -0.05) is 35.3 Å². The van der Waals surface area contributed by atoms with Crippen molar-refractivity contribution in [3.05, 3.63) is 117 Å². The molecular formula is C33H28Cl2N2O4S2. The van der Waals surface area contributed by atoms with E-state index in [0.29, 0.717) is 28.0 Å². The summed E-state index contributed by atoms with van der Waals surface area (Å²) in [5, 5.41) is 0.775. The lowest BCUT2D eigenvalue weighted by atomic mass is 9.99. The lowest BCUT2D eigenvalue weighted by molar-refractivity contribution is -0.116. The zero-order chi connectivity index (χ0) is 30.1. The third-order valence-corrected chi connectivity index (χ3v) is 10.4. The minimum absolute atomic E-state index is 0.0402. The minimum Gasteiger partial charge on any atom is -0.496 e. The van der Waals surface area contributed by atoms with Crippen molar-refractivity contribution in [1.82, 2.24) is 0 Å². The van der Waals surface area contributed by atoms with Crippen molar-refractivity contribution in [3.63, 3.8) is 0 Å². The molecule has 2 aliphatic rings. The number of carbonyl (C=O) groups excluding carboxylic acids is 2. The first-order valence-electron chi connectivity index (χ1n) is 13.6. The minimum atomic E-state index is -0.233. The number of carbonyl (C=O) groups is 2. The van der Waals surface area contributed by atoms with Gasteiger partial charge in [-0.3, -0.25) is 19.4 Å². The highest BCUT2D eigenvalue weighted by Gasteiger charge is 2.37. The van der Waals surface area contributed by atoms with Crippen LogP contribution in [0.5, 0.6) is 11.5 Å². The van der Waals surface area contributed by atoms with Gasteiger partial charge >= 0.3 is 0 Å². The number of amides is 2. The van der Waals surface area contributed by atoms with Crippen LogP contribution in [0.15, 0.2) is 84.9 Å². The molecule has 2 heterocycles. The van der Waals surface area contributed by atoms with Gasteiger partial charge in [0.05, 0.1) is 25.7 Å². The van der Waals surface area contributed by atoms with E-state index in [4.69, 9.17) is 32.7 Å². The monoisotopic (exact) mass is 650 g/mol. The fraction of sp³-hybridized carbons (Fsp3) is 0.212. The predicted molar refractivity (Wildman–Crippen MR) is 177 cm³/mol. The summed E-state index contributed by atoms with van der Waals surface area (Å²) in [6, 6.07) is 26.9. The number of benzene rings is 4. The summed E-state index contributed by atoms with van der Waals surface area (Å²) < 4.78 is 11.5. The lowest BCUT2D eigenvalue weighted by Crippen LogP contribution is -2.28. The van der Waals surface area contributed by atoms with Gasteiger partial charge in [-0.15, -0.1) is 23.5 Å². The predicted octanol–water partition coefficient (Wildman–Crippen LogP) is 8.16. The normalized spacial score (nSPS) is 18.4. The van der Waals surface area contributed by atoms with Gasteiger partial charge in [-0.2, -0.15) is 0 Å². The van der Waals surface area contributed by atoms with Crippen LogP contribution in [-0.2, 0) is 16.0 Å². The van der Waals surface area contributed by atoms with Gasteiger partial charge in [0, 0.05) is 32.5 Å². The second-order valence-corrected chi connectivity index (χ2v) is 13.1. The molecule has 2 unspecified atom stereocenters. The van der Waals surface area contributed by atoms with Crippen LogP contribution < -0.4 is 19.3 Å². The van der Waals surface area contributed by atoms with Crippen LogP contribution in [0.2, 0.25) is 10.0 Å². The van der Waals surface area contributed by atoms with Gasteiger partial charge < -0.3 is 9.47 Å². The second-order valence-electron chi connectivity index (χ2n) is 10.1. The molecule has 0 N–H and O–H groups in total. The molecule has 6 nitrogen and oxygen atoms in total. The Morgan fingerprint density at radius 1 is 0.651 bits per heavy atom. The first-order chi connectivity index (χ1) is 20.9. The van der Waals surface area contributed by atoms with E-state index in [-0.39, 0.29) is 22.6 Å². The van der Waals surface area contributed by atoms with Gasteiger partial charge in [-0.05, 0) is 90.3 Å². The topological polar surface area (TPSA) is 59.1 Å². The summed E-state index contributed by atoms with van der Waals surface area (Å²) in [5.74, 6) is 2.29. The summed E-state index contributed by atoms with van der Waals surface area (Å²) in [6.07, 6.45) is 0.645. The first kappa shape index (κ1) is 29.8. The standard InChI is InChI=1S/C33H28Cl2N2O4S2/c1-40-28-13-3-20(16-26(28)32-36(30(38)18-42-32)24-9-5-22(34)6-10-24)15-21-4-14-29(41-2)27(17-21)33-37(31(39)19-43-33)25-11-7-23(35)8-12-25/h3-14,16-17,32-33H,15,18-19H2,1-2H3. The van der Waals surface area contributed by atoms with E-state index in [1.165, 1.54) is 0 Å². The molecule has 2 saturated heterocycles. The van der Waals surface area contributed by atoms with Crippen molar-refractivity contribution in [2.45, 2.75) is 17.2 Å². The highest BCUT2D eigenvalue weighted by molar-refractivity contribution is 8.01. The molecule has 4 aromatic rings. The molecule has 6 rings (SSSR count). The van der Waals surface area contributed by atoms with Gasteiger partial charge in [0.15, 0.2) is 0 Å². The van der Waals surface area contributed by atoms with Crippen LogP contribution in [0.3, 0.4) is 0 Å². The molecule has 0 aliphatic carbocycles. The molecule has 2 aliphatic heterocycles. The summed E-state index contributed by atoms with van der Waals surface area (Å²) >= 11 is 15.4. The third kappa shape index (κ3) is 6.07. The van der Waals surface area contributed by atoms with E-state index in [1.54, 1.807) is 62.0 Å². The van der Waals surface area contributed by atoms with Gasteiger partial charge in [0.25, 0.3) is 0 Å². The molecule has 4 aromatic carbocycles. The van der Waals surface area contributed by atoms with Crippen LogP contribution in [0.4, 0.5) is 11.4 Å². The van der Waals surface area contributed by atoms with E-state index < -0.39 is 0 Å². The molecule has 0 aromatic heterocycles. The third-order valence-electron chi connectivity index (χ3n) is 7.47. The molecule has 10 heteroatoms. The Balaban J connectivity index is 1.32. The van der Waals surface area contributed by atoms with E-state index >= 15 is 0 Å². The van der Waals surface area contributed by atoms with Crippen LogP contribution in [0.25, 0.3) is 0 Å². The van der Waals surface area contributed by atoms with Crippen molar-refractivity contribution in [1.29, 1.82) is 0 Å². The Morgan fingerprint density at radius 2 is 1.05 bits per heavy atom. The maximum Gasteiger partial charge on any atom is 0.238 e. The summed E-state index contributed by atoms with van der Waals surface area (Å²) in [6.45, 7) is 0. The first-order valence-corrected chi connectivity index (χ1v) is 16.4. The largest absolute Gasteiger partial charge is 0.496 e. The fourth-order valence-electron chi connectivity index (χ4n) is 5.48. The van der Waals surface area contributed by atoms with E-state index in [2.05, 4.69) is 12.1 Å². The number of hydrogen-bond acceptors (Lipinski definition) is 6. The molecule has 0 bridgehead atoms. The maximum absolute atomic E-state index is 13.0. The smallest absolute Gasteiger partial charge is 0.238 e. The number of thioether (sulfide) groups is 2. The van der Waals surface area contributed by atoms with Gasteiger partial charge in [0.2, 0.25) is 11.8 Å². The molecular weight excluding hydrogens is 623 g/mol. The molecule has 2 fully saturated rings. The quantitative estimate of drug-likeness (QED) is 0.192. The molecule has 0 radical (unpaired) electrons. The van der Waals surface area contributed by atoms with Crippen molar-refractivity contribution in [2.75, 3.05) is 35.5 Å². The Morgan fingerprint density at radius 3 is 1.42 bits per heavy atom. The number of rotatable bonds is 8. The SMILES string of the molecule is COc1ccc(Cc2ccc(OC)c(C3SCC(=O)N3c3ccc(Cl)cc3)c2)cc1C1SCC(=O)N1c1ccc(Cl)cc1. The number of ether oxygens (including phenoxy) is 2. The number of halogens is 2. The Labute approximate surface area is 269 Å². The fourth-order valence-corrected chi connectivity index (χ4v) is 8.11. The highest BCUT2D eigenvalue weighted by Crippen LogP contribution is 2.47. The van der Waals surface area contributed by atoms with Gasteiger partial charge in [-0.25, -0.2) is 0 Å². The lowest BCUT2D eigenvalue weighted by Gasteiger charge is -2.27. The molecule has 2 atom stereocenters. The summed E-state index contributed by atoms with van der Waals surface area (Å²) in [7, 11) is 3.30. The molecule has 43 heavy (non-hydrogen) atoms. The van der Waals surface area contributed by atoms with Crippen molar-refractivity contribution >= 4 is 69.9 Å². The average Bonchev–Trinajstić information content (AvgIpc) is 3.60. The van der Waals surface area contributed by atoms with Gasteiger partial charge in [0.1, 0.15) is 22.2 Å². The van der Waals surface area contributed by atoms with Crippen molar-refractivity contribution in [3.8, 4) is 11.5 Å². The summed E-state index contributed by atoms with van der Waals surface area (Å²) in [4.78, 5) is 29.6.